The molecule has 1 aliphatic rings. The van der Waals surface area contributed by atoms with Gasteiger partial charge in [-0.05, 0) is 30.7 Å². The third kappa shape index (κ3) is 4.34. The summed E-state index contributed by atoms with van der Waals surface area (Å²) in [4.78, 5) is 14.1. The van der Waals surface area contributed by atoms with E-state index in [1.807, 2.05) is 30.1 Å². The predicted molar refractivity (Wildman–Crippen MR) is 82.3 cm³/mol. The van der Waals surface area contributed by atoms with Crippen LogP contribution in [0.3, 0.4) is 0 Å². The molecule has 1 aliphatic carbocycles. The summed E-state index contributed by atoms with van der Waals surface area (Å²) in [6.45, 7) is 0.783. The molecule has 0 bridgehead atoms. The van der Waals surface area contributed by atoms with Crippen molar-refractivity contribution in [3.63, 3.8) is 0 Å². The Morgan fingerprint density at radius 1 is 1.25 bits per heavy atom. The summed E-state index contributed by atoms with van der Waals surface area (Å²) >= 11 is 0. The third-order valence-electron chi connectivity index (χ3n) is 4.41. The molecule has 3 nitrogen and oxygen atoms in total. The minimum atomic E-state index is 0.218. The zero-order valence-electron chi connectivity index (χ0n) is 12.4. The van der Waals surface area contributed by atoms with Crippen LogP contribution < -0.4 is 5.73 Å². The molecule has 2 atom stereocenters. The Hall–Kier alpha value is -1.35. The molecule has 20 heavy (non-hydrogen) atoms. The van der Waals surface area contributed by atoms with Gasteiger partial charge in [0.1, 0.15) is 0 Å². The summed E-state index contributed by atoms with van der Waals surface area (Å²) in [5, 5.41) is 0. The monoisotopic (exact) mass is 274 g/mol. The second kappa shape index (κ2) is 7.44. The third-order valence-corrected chi connectivity index (χ3v) is 4.41. The quantitative estimate of drug-likeness (QED) is 0.897. The van der Waals surface area contributed by atoms with E-state index in [0.29, 0.717) is 12.3 Å². The van der Waals surface area contributed by atoms with Gasteiger partial charge in [0.2, 0.25) is 5.91 Å². The van der Waals surface area contributed by atoms with E-state index in [1.165, 1.54) is 18.4 Å². The molecule has 0 saturated heterocycles. The molecule has 1 aromatic rings. The fourth-order valence-electron chi connectivity index (χ4n) is 2.94. The van der Waals surface area contributed by atoms with Crippen LogP contribution in [0.4, 0.5) is 0 Å². The van der Waals surface area contributed by atoms with E-state index in [9.17, 15) is 4.79 Å². The van der Waals surface area contributed by atoms with Crippen molar-refractivity contribution >= 4 is 5.91 Å². The van der Waals surface area contributed by atoms with Gasteiger partial charge in [0, 0.05) is 26.1 Å². The fourth-order valence-corrected chi connectivity index (χ4v) is 2.94. The van der Waals surface area contributed by atoms with Gasteiger partial charge in [0.05, 0.1) is 0 Å². The number of carbonyl (C=O) groups excluding carboxylic acids is 1. The standard InChI is InChI=1S/C17H26N2O/c1-19(12-11-14-7-3-2-4-8-14)17(20)13-15-9-5-6-10-16(15)18/h2-4,7-8,15-16H,5-6,9-13,18H2,1H3. The van der Waals surface area contributed by atoms with Crippen molar-refractivity contribution in [2.24, 2.45) is 11.7 Å². The van der Waals surface area contributed by atoms with Crippen LogP contribution in [0.1, 0.15) is 37.7 Å². The second-order valence-corrected chi connectivity index (χ2v) is 5.96. The summed E-state index contributed by atoms with van der Waals surface area (Å²) < 4.78 is 0. The Kier molecular flexibility index (Phi) is 5.60. The van der Waals surface area contributed by atoms with Gasteiger partial charge in [0.15, 0.2) is 0 Å². The first-order valence-electron chi connectivity index (χ1n) is 7.70. The highest BCUT2D eigenvalue weighted by Gasteiger charge is 2.25. The summed E-state index contributed by atoms with van der Waals surface area (Å²) in [7, 11) is 1.90. The average Bonchev–Trinajstić information content (AvgIpc) is 2.48. The molecule has 1 saturated carbocycles. The molecule has 1 amide bonds. The van der Waals surface area contributed by atoms with Crippen molar-refractivity contribution in [2.75, 3.05) is 13.6 Å². The predicted octanol–water partition coefficient (Wildman–Crippen LogP) is 2.60. The molecule has 1 fully saturated rings. The summed E-state index contributed by atoms with van der Waals surface area (Å²) in [5.41, 5.74) is 7.40. The van der Waals surface area contributed by atoms with Crippen molar-refractivity contribution in [1.82, 2.24) is 4.90 Å². The number of nitrogens with zero attached hydrogens (tertiary/aromatic N) is 1. The fraction of sp³-hybridized carbons (Fsp3) is 0.588. The maximum atomic E-state index is 12.2. The van der Waals surface area contributed by atoms with Crippen molar-refractivity contribution < 1.29 is 4.79 Å². The lowest BCUT2D eigenvalue weighted by atomic mass is 9.83. The number of carbonyl (C=O) groups is 1. The first-order chi connectivity index (χ1) is 9.66. The summed E-state index contributed by atoms with van der Waals surface area (Å²) in [5.74, 6) is 0.624. The van der Waals surface area contributed by atoms with Crippen LogP contribution in [0.5, 0.6) is 0 Å². The highest BCUT2D eigenvalue weighted by molar-refractivity contribution is 5.76. The van der Waals surface area contributed by atoms with Gasteiger partial charge < -0.3 is 10.6 Å². The number of nitrogens with two attached hydrogens (primary N) is 1. The smallest absolute Gasteiger partial charge is 0.222 e. The van der Waals surface area contributed by atoms with Crippen LogP contribution in [0, 0.1) is 5.92 Å². The highest BCUT2D eigenvalue weighted by Crippen LogP contribution is 2.26. The first-order valence-corrected chi connectivity index (χ1v) is 7.70. The molecular weight excluding hydrogens is 248 g/mol. The molecule has 0 spiro atoms. The normalized spacial score (nSPS) is 22.5. The molecule has 0 heterocycles. The maximum Gasteiger partial charge on any atom is 0.222 e. The number of rotatable bonds is 5. The van der Waals surface area contributed by atoms with E-state index >= 15 is 0 Å². The zero-order valence-corrected chi connectivity index (χ0v) is 12.4. The molecule has 2 N–H and O–H groups in total. The van der Waals surface area contributed by atoms with Crippen LogP contribution in [-0.4, -0.2) is 30.4 Å². The van der Waals surface area contributed by atoms with Crippen LogP contribution in [0.25, 0.3) is 0 Å². The number of likely N-dealkylation sites (N-methyl/N-ethyl adjacent to an activating group) is 1. The summed E-state index contributed by atoms with van der Waals surface area (Å²) in [6.07, 6.45) is 6.16. The maximum absolute atomic E-state index is 12.2. The Morgan fingerprint density at radius 2 is 1.95 bits per heavy atom. The van der Waals surface area contributed by atoms with Gasteiger partial charge in [-0.2, -0.15) is 0 Å². The van der Waals surface area contributed by atoms with Crippen LogP contribution in [-0.2, 0) is 11.2 Å². The molecule has 2 rings (SSSR count). The zero-order chi connectivity index (χ0) is 14.4. The molecule has 3 heteroatoms. The Balaban J connectivity index is 1.77. The molecule has 0 aromatic heterocycles. The molecule has 0 radical (unpaired) electrons. The topological polar surface area (TPSA) is 46.3 Å². The molecular formula is C17H26N2O. The SMILES string of the molecule is CN(CCc1ccccc1)C(=O)CC1CCCCC1N. The van der Waals surface area contributed by atoms with E-state index in [4.69, 9.17) is 5.73 Å². The van der Waals surface area contributed by atoms with Gasteiger partial charge in [-0.3, -0.25) is 4.79 Å². The molecule has 110 valence electrons. The van der Waals surface area contributed by atoms with Crippen molar-refractivity contribution in [3.05, 3.63) is 35.9 Å². The van der Waals surface area contributed by atoms with E-state index < -0.39 is 0 Å². The van der Waals surface area contributed by atoms with Crippen LogP contribution in [0.15, 0.2) is 30.3 Å². The Morgan fingerprint density at radius 3 is 2.65 bits per heavy atom. The van der Waals surface area contributed by atoms with Crippen LogP contribution >= 0.6 is 0 Å². The first kappa shape index (κ1) is 15.0. The highest BCUT2D eigenvalue weighted by atomic mass is 16.2. The molecule has 1 aromatic carbocycles. The minimum absolute atomic E-state index is 0.218. The number of amides is 1. The lowest BCUT2D eigenvalue weighted by Crippen LogP contribution is -2.38. The van der Waals surface area contributed by atoms with E-state index in [-0.39, 0.29) is 11.9 Å². The van der Waals surface area contributed by atoms with Gasteiger partial charge >= 0.3 is 0 Å². The Labute approximate surface area is 122 Å². The largest absolute Gasteiger partial charge is 0.345 e. The van der Waals surface area contributed by atoms with Crippen molar-refractivity contribution in [3.8, 4) is 0 Å². The minimum Gasteiger partial charge on any atom is -0.345 e. The van der Waals surface area contributed by atoms with E-state index in [0.717, 1.165) is 25.8 Å². The van der Waals surface area contributed by atoms with Gasteiger partial charge in [0.25, 0.3) is 0 Å². The Bertz CT molecular complexity index is 418. The summed E-state index contributed by atoms with van der Waals surface area (Å²) in [6, 6.07) is 10.5. The number of hydrogen-bond donors (Lipinski definition) is 1. The average molecular weight is 274 g/mol. The number of hydrogen-bond acceptors (Lipinski definition) is 2. The number of benzene rings is 1. The van der Waals surface area contributed by atoms with Gasteiger partial charge in [-0.25, -0.2) is 0 Å². The van der Waals surface area contributed by atoms with Crippen LogP contribution in [0.2, 0.25) is 0 Å². The van der Waals surface area contributed by atoms with Crippen molar-refractivity contribution in [2.45, 2.75) is 44.6 Å². The van der Waals surface area contributed by atoms with E-state index in [1.54, 1.807) is 0 Å². The molecule has 2 unspecified atom stereocenters. The molecule has 0 aliphatic heterocycles. The van der Waals surface area contributed by atoms with Gasteiger partial charge in [-0.15, -0.1) is 0 Å². The van der Waals surface area contributed by atoms with E-state index in [2.05, 4.69) is 12.1 Å². The van der Waals surface area contributed by atoms with Gasteiger partial charge in [-0.1, -0.05) is 43.2 Å². The lowest BCUT2D eigenvalue weighted by molar-refractivity contribution is -0.131. The lowest BCUT2D eigenvalue weighted by Gasteiger charge is -2.29. The van der Waals surface area contributed by atoms with Crippen molar-refractivity contribution in [1.29, 1.82) is 0 Å². The second-order valence-electron chi connectivity index (χ2n) is 5.96.